The van der Waals surface area contributed by atoms with E-state index in [1.54, 1.807) is 0 Å². The van der Waals surface area contributed by atoms with Gasteiger partial charge in [-0.2, -0.15) is 0 Å². The Labute approximate surface area is 148 Å². The van der Waals surface area contributed by atoms with Gasteiger partial charge in [0.25, 0.3) is 0 Å². The topological polar surface area (TPSA) is 152 Å². The third-order valence-corrected chi connectivity index (χ3v) is 4.73. The van der Waals surface area contributed by atoms with Crippen molar-refractivity contribution in [3.63, 3.8) is 0 Å². The summed E-state index contributed by atoms with van der Waals surface area (Å²) in [6.07, 6.45) is -5.88. The van der Waals surface area contributed by atoms with E-state index < -0.39 is 67.4 Å². The molecule has 0 aromatic carbocycles. The third kappa shape index (κ3) is 3.27. The van der Waals surface area contributed by atoms with Crippen molar-refractivity contribution in [3.05, 3.63) is 24.5 Å². The molecule has 10 nitrogen and oxygen atoms in total. The Morgan fingerprint density at radius 3 is 2.58 bits per heavy atom. The highest BCUT2D eigenvalue weighted by Crippen LogP contribution is 2.39. The zero-order valence-corrected chi connectivity index (χ0v) is 13.6. The average Bonchev–Trinajstić information content (AvgIpc) is 2.61. The maximum Gasteiger partial charge on any atom is 0.345 e. The van der Waals surface area contributed by atoms with E-state index in [1.165, 1.54) is 6.08 Å². The van der Waals surface area contributed by atoms with E-state index in [1.807, 2.05) is 0 Å². The molecule has 2 saturated heterocycles. The summed E-state index contributed by atoms with van der Waals surface area (Å²) in [7, 11) is 0. The van der Waals surface area contributed by atoms with Gasteiger partial charge in [-0.05, 0) is 0 Å². The highest BCUT2D eigenvalue weighted by atomic mass is 16.8. The van der Waals surface area contributed by atoms with E-state index in [0.29, 0.717) is 0 Å². The second kappa shape index (κ2) is 7.43. The summed E-state index contributed by atoms with van der Waals surface area (Å²) in [5.41, 5.74) is 0.170. The SMILES string of the molecule is C=CC1C(O[C@@H]2O[C@H](CO)[C@H](O)[C@H](O)[C@H]2O)OC=C2C(=O)OC(=O)CC21. The Kier molecular flexibility index (Phi) is 5.42. The Bertz CT molecular complexity index is 614. The molecular weight excluding hydrogens is 352 g/mol. The fourth-order valence-corrected chi connectivity index (χ4v) is 3.25. The smallest absolute Gasteiger partial charge is 0.345 e. The number of fused-ring (bicyclic) bond motifs is 1. The first-order chi connectivity index (χ1) is 12.4. The van der Waals surface area contributed by atoms with Crippen LogP contribution < -0.4 is 0 Å². The molecule has 3 unspecified atom stereocenters. The second-order valence-corrected chi connectivity index (χ2v) is 6.30. The van der Waals surface area contributed by atoms with Crippen LogP contribution in [0.2, 0.25) is 0 Å². The fraction of sp³-hybridized carbons (Fsp3) is 0.625. The van der Waals surface area contributed by atoms with Crippen LogP contribution in [0.5, 0.6) is 0 Å². The molecule has 144 valence electrons. The monoisotopic (exact) mass is 372 g/mol. The highest BCUT2D eigenvalue weighted by Gasteiger charge is 2.48. The van der Waals surface area contributed by atoms with E-state index in [2.05, 4.69) is 11.3 Å². The number of hydrogen-bond donors (Lipinski definition) is 4. The van der Waals surface area contributed by atoms with Gasteiger partial charge in [0.05, 0.1) is 24.9 Å². The van der Waals surface area contributed by atoms with Crippen molar-refractivity contribution in [3.8, 4) is 0 Å². The van der Waals surface area contributed by atoms with Crippen molar-refractivity contribution in [2.24, 2.45) is 11.8 Å². The van der Waals surface area contributed by atoms with Crippen LogP contribution in [0.15, 0.2) is 24.5 Å². The lowest BCUT2D eigenvalue weighted by Gasteiger charge is -2.43. The van der Waals surface area contributed by atoms with Gasteiger partial charge in [0.2, 0.25) is 6.29 Å². The maximum absolute atomic E-state index is 11.8. The van der Waals surface area contributed by atoms with E-state index in [9.17, 15) is 30.0 Å². The molecule has 0 aliphatic carbocycles. The number of esters is 2. The molecule has 3 rings (SSSR count). The first-order valence-corrected chi connectivity index (χ1v) is 8.06. The molecular formula is C16H20O10. The molecule has 4 N–H and O–H groups in total. The average molecular weight is 372 g/mol. The zero-order valence-electron chi connectivity index (χ0n) is 13.6. The van der Waals surface area contributed by atoms with Crippen LogP contribution in [0.1, 0.15) is 6.42 Å². The highest BCUT2D eigenvalue weighted by molar-refractivity contribution is 6.00. The number of rotatable bonds is 4. The summed E-state index contributed by atoms with van der Waals surface area (Å²) in [5.74, 6) is -2.70. The van der Waals surface area contributed by atoms with Gasteiger partial charge >= 0.3 is 11.9 Å². The minimum Gasteiger partial charge on any atom is -0.471 e. The van der Waals surface area contributed by atoms with Crippen LogP contribution >= 0.6 is 0 Å². The maximum atomic E-state index is 11.8. The minimum absolute atomic E-state index is 0.0772. The number of cyclic esters (lactones) is 2. The van der Waals surface area contributed by atoms with Gasteiger partial charge in [-0.1, -0.05) is 6.08 Å². The number of hydrogen-bond acceptors (Lipinski definition) is 10. The fourth-order valence-electron chi connectivity index (χ4n) is 3.25. The van der Waals surface area contributed by atoms with E-state index in [4.69, 9.17) is 14.2 Å². The lowest BCUT2D eigenvalue weighted by Crippen LogP contribution is -2.60. The molecule has 0 saturated carbocycles. The normalized spacial score (nSPS) is 43.0. The van der Waals surface area contributed by atoms with Gasteiger partial charge in [-0.3, -0.25) is 4.79 Å². The summed E-state index contributed by atoms with van der Waals surface area (Å²) in [5, 5.41) is 38.9. The van der Waals surface area contributed by atoms with Crippen LogP contribution in [0, 0.1) is 11.8 Å². The van der Waals surface area contributed by atoms with Crippen LogP contribution in [0.3, 0.4) is 0 Å². The van der Waals surface area contributed by atoms with E-state index in [0.717, 1.165) is 6.26 Å². The van der Waals surface area contributed by atoms with Gasteiger partial charge in [0.1, 0.15) is 24.4 Å². The molecule has 0 aromatic rings. The van der Waals surface area contributed by atoms with Gasteiger partial charge in [0, 0.05) is 11.8 Å². The molecule has 2 fully saturated rings. The number of aliphatic hydroxyl groups excluding tert-OH is 4. The number of carbonyl (C=O) groups excluding carboxylic acids is 2. The Balaban J connectivity index is 1.78. The predicted octanol–water partition coefficient (Wildman–Crippen LogP) is -2.06. The van der Waals surface area contributed by atoms with Crippen molar-refractivity contribution >= 4 is 11.9 Å². The summed E-state index contributed by atoms with van der Waals surface area (Å²) < 4.78 is 20.8. The molecule has 0 amide bonds. The summed E-state index contributed by atoms with van der Waals surface area (Å²) in [4.78, 5) is 23.4. The summed E-state index contributed by atoms with van der Waals surface area (Å²) in [6, 6.07) is 0. The zero-order chi connectivity index (χ0) is 19.0. The molecule has 0 spiro atoms. The van der Waals surface area contributed by atoms with Crippen LogP contribution in [-0.4, -0.2) is 76.0 Å². The van der Waals surface area contributed by atoms with Crippen molar-refractivity contribution in [1.29, 1.82) is 0 Å². The van der Waals surface area contributed by atoms with E-state index in [-0.39, 0.29) is 12.0 Å². The first kappa shape index (κ1) is 19.0. The van der Waals surface area contributed by atoms with Gasteiger partial charge in [-0.25, -0.2) is 4.79 Å². The lowest BCUT2D eigenvalue weighted by molar-refractivity contribution is -0.339. The van der Waals surface area contributed by atoms with E-state index >= 15 is 0 Å². The molecule has 0 bridgehead atoms. The third-order valence-electron chi connectivity index (χ3n) is 4.73. The Morgan fingerprint density at radius 2 is 1.92 bits per heavy atom. The van der Waals surface area contributed by atoms with Gasteiger partial charge < -0.3 is 39.4 Å². The lowest BCUT2D eigenvalue weighted by atomic mass is 9.80. The molecule has 3 heterocycles. The van der Waals surface area contributed by atoms with Crippen molar-refractivity contribution in [1.82, 2.24) is 0 Å². The standard InChI is InChI=1S/C16H20O10/c1-2-6-7-3-10(18)25-14(22)8(7)5-23-15(6)26-16-13(21)12(20)11(19)9(4-17)24-16/h2,5-7,9,11-13,15-17,19-21H,1,3-4H2/t6?,7?,9-,11+,12+,13-,15?,16+/m1/s1. The quantitative estimate of drug-likeness (QED) is 0.246. The molecule has 3 aliphatic heterocycles. The largest absolute Gasteiger partial charge is 0.471 e. The number of ether oxygens (including phenoxy) is 4. The van der Waals surface area contributed by atoms with Crippen LogP contribution in [-0.2, 0) is 28.5 Å². The molecule has 3 aliphatic rings. The minimum atomic E-state index is -1.61. The first-order valence-electron chi connectivity index (χ1n) is 8.06. The Hall–Kier alpha value is -1.82. The molecule has 0 aromatic heterocycles. The van der Waals surface area contributed by atoms with Crippen LogP contribution in [0.4, 0.5) is 0 Å². The molecule has 8 atom stereocenters. The summed E-state index contributed by atoms with van der Waals surface area (Å²) in [6.45, 7) is 3.06. The summed E-state index contributed by atoms with van der Waals surface area (Å²) >= 11 is 0. The number of aliphatic hydroxyl groups is 4. The predicted molar refractivity (Wildman–Crippen MR) is 80.7 cm³/mol. The van der Waals surface area contributed by atoms with Gasteiger partial charge in [0.15, 0.2) is 6.29 Å². The molecule has 10 heteroatoms. The molecule has 0 radical (unpaired) electrons. The second-order valence-electron chi connectivity index (χ2n) is 6.30. The van der Waals surface area contributed by atoms with Crippen molar-refractivity contribution in [2.45, 2.75) is 43.4 Å². The van der Waals surface area contributed by atoms with Crippen molar-refractivity contribution < 1.29 is 49.0 Å². The Morgan fingerprint density at radius 1 is 1.19 bits per heavy atom. The van der Waals surface area contributed by atoms with Crippen molar-refractivity contribution in [2.75, 3.05) is 6.61 Å². The molecule has 26 heavy (non-hydrogen) atoms. The number of carbonyl (C=O) groups is 2. The van der Waals surface area contributed by atoms with Gasteiger partial charge in [-0.15, -0.1) is 6.58 Å². The van der Waals surface area contributed by atoms with Crippen LogP contribution in [0.25, 0.3) is 0 Å².